The Labute approximate surface area is 115 Å². The molecule has 0 aliphatic rings. The molecule has 1 aromatic rings. The van der Waals surface area contributed by atoms with Crippen molar-refractivity contribution in [2.75, 3.05) is 13.7 Å². The van der Waals surface area contributed by atoms with Crippen LogP contribution in [0.5, 0.6) is 5.75 Å². The Balaban J connectivity index is 2.64. The number of urea groups is 1. The summed E-state index contributed by atoms with van der Waals surface area (Å²) in [6, 6.07) is 5.90. The van der Waals surface area contributed by atoms with Gasteiger partial charge in [-0.1, -0.05) is 32.9 Å². The Hall–Kier alpha value is -1.71. The molecular weight excluding hydrogens is 240 g/mol. The number of hydrogen-bond donors (Lipinski definition) is 2. The van der Waals surface area contributed by atoms with E-state index in [-0.39, 0.29) is 6.03 Å². The van der Waals surface area contributed by atoms with E-state index in [1.165, 1.54) is 0 Å². The molecule has 19 heavy (non-hydrogen) atoms. The van der Waals surface area contributed by atoms with Gasteiger partial charge < -0.3 is 15.4 Å². The highest BCUT2D eigenvalue weighted by atomic mass is 16.5. The Morgan fingerprint density at radius 3 is 2.63 bits per heavy atom. The molecule has 0 atom stereocenters. The molecular formula is C15H24N2O2. The maximum absolute atomic E-state index is 11.5. The largest absolute Gasteiger partial charge is 0.496 e. The van der Waals surface area contributed by atoms with E-state index in [1.54, 1.807) is 7.11 Å². The second kappa shape index (κ2) is 7.67. The van der Waals surface area contributed by atoms with Crippen molar-refractivity contribution in [2.24, 2.45) is 0 Å². The van der Waals surface area contributed by atoms with Gasteiger partial charge in [-0.3, -0.25) is 0 Å². The van der Waals surface area contributed by atoms with Crippen molar-refractivity contribution in [3.63, 3.8) is 0 Å². The van der Waals surface area contributed by atoms with Crippen molar-refractivity contribution in [3.05, 3.63) is 29.3 Å². The lowest BCUT2D eigenvalue weighted by Gasteiger charge is -2.14. The molecule has 0 unspecified atom stereocenters. The fraction of sp³-hybridized carbons (Fsp3) is 0.533. The van der Waals surface area contributed by atoms with Crippen LogP contribution in [0.1, 0.15) is 44.2 Å². The van der Waals surface area contributed by atoms with Gasteiger partial charge in [-0.25, -0.2) is 4.79 Å². The maximum atomic E-state index is 11.5. The summed E-state index contributed by atoms with van der Waals surface area (Å²) in [6.45, 7) is 7.51. The average Bonchev–Trinajstić information content (AvgIpc) is 2.42. The lowest BCUT2D eigenvalue weighted by molar-refractivity contribution is 0.240. The zero-order valence-corrected chi connectivity index (χ0v) is 12.2. The number of nitrogens with one attached hydrogen (secondary N) is 2. The predicted molar refractivity (Wildman–Crippen MR) is 77.6 cm³/mol. The van der Waals surface area contributed by atoms with Crippen LogP contribution in [-0.4, -0.2) is 19.7 Å². The van der Waals surface area contributed by atoms with Crippen molar-refractivity contribution in [2.45, 2.75) is 39.7 Å². The summed E-state index contributed by atoms with van der Waals surface area (Å²) >= 11 is 0. The molecule has 0 spiro atoms. The number of hydrogen-bond acceptors (Lipinski definition) is 2. The molecule has 2 amide bonds. The van der Waals surface area contributed by atoms with Crippen LogP contribution < -0.4 is 15.4 Å². The van der Waals surface area contributed by atoms with E-state index in [0.29, 0.717) is 19.0 Å². The summed E-state index contributed by atoms with van der Waals surface area (Å²) in [5, 5.41) is 5.63. The number of methoxy groups -OCH3 is 1. The van der Waals surface area contributed by atoms with Gasteiger partial charge in [0, 0.05) is 13.1 Å². The number of carbonyl (C=O) groups excluding carboxylic acids is 1. The molecule has 106 valence electrons. The topological polar surface area (TPSA) is 50.4 Å². The van der Waals surface area contributed by atoms with Crippen molar-refractivity contribution < 1.29 is 9.53 Å². The highest BCUT2D eigenvalue weighted by Gasteiger charge is 2.08. The van der Waals surface area contributed by atoms with E-state index >= 15 is 0 Å². The van der Waals surface area contributed by atoms with Gasteiger partial charge >= 0.3 is 6.03 Å². The third-order valence-corrected chi connectivity index (χ3v) is 2.90. The smallest absolute Gasteiger partial charge is 0.315 e. The molecule has 1 rings (SSSR count). The van der Waals surface area contributed by atoms with Crippen molar-refractivity contribution in [1.29, 1.82) is 0 Å². The zero-order valence-electron chi connectivity index (χ0n) is 12.2. The minimum absolute atomic E-state index is 0.122. The van der Waals surface area contributed by atoms with Gasteiger partial charge in [0.1, 0.15) is 5.75 Å². The minimum Gasteiger partial charge on any atom is -0.496 e. The van der Waals surface area contributed by atoms with Crippen LogP contribution in [0.4, 0.5) is 4.79 Å². The Kier molecular flexibility index (Phi) is 6.19. The summed E-state index contributed by atoms with van der Waals surface area (Å²) in [5.74, 6) is 1.29. The molecule has 2 N–H and O–H groups in total. The minimum atomic E-state index is -0.122. The maximum Gasteiger partial charge on any atom is 0.315 e. The number of amides is 2. The lowest BCUT2D eigenvalue weighted by atomic mass is 9.99. The molecule has 0 aliphatic heterocycles. The zero-order chi connectivity index (χ0) is 14.3. The van der Waals surface area contributed by atoms with E-state index in [4.69, 9.17) is 4.74 Å². The summed E-state index contributed by atoms with van der Waals surface area (Å²) in [6.07, 6.45) is 0.938. The van der Waals surface area contributed by atoms with Crippen molar-refractivity contribution in [3.8, 4) is 5.75 Å². The quantitative estimate of drug-likeness (QED) is 0.829. The summed E-state index contributed by atoms with van der Waals surface area (Å²) in [7, 11) is 1.68. The fourth-order valence-corrected chi connectivity index (χ4v) is 1.83. The molecule has 0 fully saturated rings. The number of rotatable bonds is 6. The van der Waals surface area contributed by atoms with E-state index in [1.807, 2.05) is 19.1 Å². The second-order valence-electron chi connectivity index (χ2n) is 4.84. The third-order valence-electron chi connectivity index (χ3n) is 2.90. The average molecular weight is 264 g/mol. The van der Waals surface area contributed by atoms with Gasteiger partial charge in [0.05, 0.1) is 7.11 Å². The first-order chi connectivity index (χ1) is 9.08. The number of benzene rings is 1. The molecule has 0 heterocycles. The monoisotopic (exact) mass is 264 g/mol. The van der Waals surface area contributed by atoms with Gasteiger partial charge in [0.25, 0.3) is 0 Å². The van der Waals surface area contributed by atoms with Crippen LogP contribution in [0.25, 0.3) is 0 Å². The molecule has 4 nitrogen and oxygen atoms in total. The van der Waals surface area contributed by atoms with Crippen LogP contribution in [0.15, 0.2) is 18.2 Å². The third kappa shape index (κ3) is 4.81. The van der Waals surface area contributed by atoms with E-state index < -0.39 is 0 Å². The summed E-state index contributed by atoms with van der Waals surface area (Å²) in [4.78, 5) is 11.5. The van der Waals surface area contributed by atoms with Gasteiger partial charge in [0.15, 0.2) is 0 Å². The first kappa shape index (κ1) is 15.3. The number of ether oxygens (including phenoxy) is 1. The summed E-state index contributed by atoms with van der Waals surface area (Å²) in [5.41, 5.74) is 2.24. The van der Waals surface area contributed by atoms with Crippen LogP contribution in [0, 0.1) is 0 Å². The van der Waals surface area contributed by atoms with E-state index in [9.17, 15) is 4.79 Å². The SMILES string of the molecule is CCCNC(=O)NCc1ccc(OC)c(C(C)C)c1. The first-order valence-corrected chi connectivity index (χ1v) is 6.77. The van der Waals surface area contributed by atoms with Gasteiger partial charge in [-0.15, -0.1) is 0 Å². The van der Waals surface area contributed by atoms with E-state index in [2.05, 4.69) is 30.5 Å². The number of carbonyl (C=O) groups is 1. The summed E-state index contributed by atoms with van der Waals surface area (Å²) < 4.78 is 5.34. The fourth-order valence-electron chi connectivity index (χ4n) is 1.83. The molecule has 0 bridgehead atoms. The molecule has 0 saturated heterocycles. The molecule has 1 aromatic carbocycles. The van der Waals surface area contributed by atoms with Gasteiger partial charge in [-0.05, 0) is 29.5 Å². The molecule has 4 heteroatoms. The van der Waals surface area contributed by atoms with Crippen LogP contribution in [0.3, 0.4) is 0 Å². The van der Waals surface area contributed by atoms with E-state index in [0.717, 1.165) is 23.3 Å². The first-order valence-electron chi connectivity index (χ1n) is 6.77. The normalized spacial score (nSPS) is 10.4. The van der Waals surface area contributed by atoms with Crippen molar-refractivity contribution >= 4 is 6.03 Å². The molecule has 0 aromatic heterocycles. The van der Waals surface area contributed by atoms with Gasteiger partial charge in [-0.2, -0.15) is 0 Å². The van der Waals surface area contributed by atoms with Gasteiger partial charge in [0.2, 0.25) is 0 Å². The highest BCUT2D eigenvalue weighted by molar-refractivity contribution is 5.73. The highest BCUT2D eigenvalue weighted by Crippen LogP contribution is 2.27. The second-order valence-corrected chi connectivity index (χ2v) is 4.84. The van der Waals surface area contributed by atoms with Crippen LogP contribution in [0.2, 0.25) is 0 Å². The van der Waals surface area contributed by atoms with Crippen LogP contribution in [-0.2, 0) is 6.54 Å². The predicted octanol–water partition coefficient (Wildman–Crippen LogP) is 3.03. The Morgan fingerprint density at radius 2 is 2.05 bits per heavy atom. The molecule has 0 saturated carbocycles. The Morgan fingerprint density at radius 1 is 1.32 bits per heavy atom. The lowest BCUT2D eigenvalue weighted by Crippen LogP contribution is -2.35. The van der Waals surface area contributed by atoms with Crippen LogP contribution >= 0.6 is 0 Å². The standard InChI is InChI=1S/C15H24N2O2/c1-5-8-16-15(18)17-10-12-6-7-14(19-4)13(9-12)11(2)3/h6-7,9,11H,5,8,10H2,1-4H3,(H2,16,17,18). The Bertz CT molecular complexity index is 417. The molecule has 0 aliphatic carbocycles. The van der Waals surface area contributed by atoms with Crippen molar-refractivity contribution in [1.82, 2.24) is 10.6 Å². The molecule has 0 radical (unpaired) electrons.